The van der Waals surface area contributed by atoms with E-state index in [1.165, 1.54) is 12.8 Å². The fourth-order valence-corrected chi connectivity index (χ4v) is 5.16. The summed E-state index contributed by atoms with van der Waals surface area (Å²) in [5.41, 5.74) is 0. The van der Waals surface area contributed by atoms with E-state index in [1.54, 1.807) is 4.90 Å². The molecule has 0 spiro atoms. The molecule has 0 aromatic heterocycles. The number of phosphoric acid groups is 1. The minimum Gasteiger partial charge on any atom is -0.462 e. The van der Waals surface area contributed by atoms with Crippen LogP contribution >= 0.6 is 7.82 Å². The molecule has 282 valence electrons. The van der Waals surface area contributed by atoms with E-state index in [0.29, 0.717) is 13.0 Å². The summed E-state index contributed by atoms with van der Waals surface area (Å²) in [5, 5.41) is 0. The summed E-state index contributed by atoms with van der Waals surface area (Å²) in [6.45, 7) is 4.07. The van der Waals surface area contributed by atoms with Crippen molar-refractivity contribution in [1.29, 1.82) is 0 Å². The van der Waals surface area contributed by atoms with Crippen molar-refractivity contribution in [3.8, 4) is 0 Å². The summed E-state index contributed by atoms with van der Waals surface area (Å²) in [5.74, 6) is -0.872. The van der Waals surface area contributed by atoms with Crippen molar-refractivity contribution in [1.82, 2.24) is 4.90 Å². The Balaban J connectivity index is 4.49. The average molecular weight is 710 g/mol. The number of carbonyl (C=O) groups is 2. The third-order valence-electron chi connectivity index (χ3n) is 7.31. The van der Waals surface area contributed by atoms with Gasteiger partial charge in [-0.05, 0) is 84.7 Å². The maximum atomic E-state index is 12.6. The number of likely N-dealkylation sites (N-methyl/N-ethyl adjacent to an activating group) is 1. The van der Waals surface area contributed by atoms with Gasteiger partial charge in [0.1, 0.15) is 6.61 Å². The first-order valence-corrected chi connectivity index (χ1v) is 20.1. The second kappa shape index (κ2) is 34.2. The Morgan fingerprint density at radius 3 is 1.80 bits per heavy atom. The monoisotopic (exact) mass is 709 g/mol. The predicted octanol–water partition coefficient (Wildman–Crippen LogP) is 9.98. The lowest BCUT2D eigenvalue weighted by molar-refractivity contribution is -0.161. The maximum absolute atomic E-state index is 12.6. The molecule has 0 fully saturated rings. The van der Waals surface area contributed by atoms with Crippen LogP contribution in [-0.4, -0.2) is 68.3 Å². The van der Waals surface area contributed by atoms with Gasteiger partial charge in [0.2, 0.25) is 0 Å². The summed E-state index contributed by atoms with van der Waals surface area (Å²) in [4.78, 5) is 36.8. The van der Waals surface area contributed by atoms with Crippen LogP contribution in [0.4, 0.5) is 0 Å². The van der Waals surface area contributed by atoms with Gasteiger partial charge in [-0.1, -0.05) is 107 Å². The molecular formula is C39H68NO8P. The van der Waals surface area contributed by atoms with Gasteiger partial charge in [-0.2, -0.15) is 0 Å². The largest absolute Gasteiger partial charge is 0.472 e. The first-order chi connectivity index (χ1) is 23.7. The predicted molar refractivity (Wildman–Crippen MR) is 201 cm³/mol. The molecule has 0 aliphatic rings. The van der Waals surface area contributed by atoms with E-state index in [1.807, 2.05) is 14.1 Å². The van der Waals surface area contributed by atoms with Crippen molar-refractivity contribution in [2.45, 2.75) is 136 Å². The molecule has 0 saturated heterocycles. The Bertz CT molecular complexity index is 1000. The third-order valence-corrected chi connectivity index (χ3v) is 8.29. The Kier molecular flexibility index (Phi) is 32.6. The maximum Gasteiger partial charge on any atom is 0.472 e. The molecule has 0 aliphatic carbocycles. The normalized spacial score (nSPS) is 14.2. The van der Waals surface area contributed by atoms with Gasteiger partial charge in [-0.25, -0.2) is 4.57 Å². The second-order valence-corrected chi connectivity index (χ2v) is 13.8. The van der Waals surface area contributed by atoms with Crippen LogP contribution in [0.1, 0.15) is 129 Å². The first kappa shape index (κ1) is 46.7. The summed E-state index contributed by atoms with van der Waals surface area (Å²) in [6.07, 6.45) is 37.0. The zero-order chi connectivity index (χ0) is 36.3. The number of esters is 2. The molecule has 0 saturated carbocycles. The van der Waals surface area contributed by atoms with Crippen LogP contribution in [-0.2, 0) is 32.7 Å². The van der Waals surface area contributed by atoms with Crippen molar-refractivity contribution >= 4 is 19.8 Å². The van der Waals surface area contributed by atoms with E-state index in [-0.39, 0.29) is 26.1 Å². The van der Waals surface area contributed by atoms with Crippen molar-refractivity contribution < 1.29 is 37.6 Å². The van der Waals surface area contributed by atoms with Gasteiger partial charge in [0.15, 0.2) is 6.10 Å². The van der Waals surface area contributed by atoms with E-state index in [2.05, 4.69) is 74.6 Å². The van der Waals surface area contributed by atoms with E-state index in [0.717, 1.165) is 83.5 Å². The summed E-state index contributed by atoms with van der Waals surface area (Å²) >= 11 is 0. The molecule has 0 aliphatic heterocycles. The average Bonchev–Trinajstić information content (AvgIpc) is 3.06. The number of allylic oxidation sites excluding steroid dienone is 10. The molecule has 10 heteroatoms. The molecule has 0 aromatic carbocycles. The number of unbranched alkanes of at least 4 members (excludes halogenated alkanes) is 9. The lowest BCUT2D eigenvalue weighted by Gasteiger charge is -2.20. The topological polar surface area (TPSA) is 112 Å². The molecule has 0 bridgehead atoms. The Morgan fingerprint density at radius 1 is 0.653 bits per heavy atom. The Morgan fingerprint density at radius 2 is 1.16 bits per heavy atom. The van der Waals surface area contributed by atoms with Crippen LogP contribution in [0.25, 0.3) is 0 Å². The summed E-state index contributed by atoms with van der Waals surface area (Å²) < 4.78 is 33.2. The SMILES string of the molecule is CC/C=C\C/C=C\C/C=C\C/C=C\CCCCC(=O)OC(COC(=O)CCCCCCC/C=C\CCCC)COP(=O)(O)OCCN(C)C. The van der Waals surface area contributed by atoms with Crippen LogP contribution in [0.3, 0.4) is 0 Å². The highest BCUT2D eigenvalue weighted by molar-refractivity contribution is 7.47. The van der Waals surface area contributed by atoms with Crippen molar-refractivity contribution in [2.75, 3.05) is 40.5 Å². The molecular weight excluding hydrogens is 641 g/mol. The Hall–Kier alpha value is -2.29. The highest BCUT2D eigenvalue weighted by Gasteiger charge is 2.26. The van der Waals surface area contributed by atoms with Crippen LogP contribution < -0.4 is 0 Å². The van der Waals surface area contributed by atoms with Crippen LogP contribution in [0.5, 0.6) is 0 Å². The highest BCUT2D eigenvalue weighted by atomic mass is 31.2. The van der Waals surface area contributed by atoms with Gasteiger partial charge in [0.25, 0.3) is 0 Å². The van der Waals surface area contributed by atoms with Crippen LogP contribution in [0.2, 0.25) is 0 Å². The molecule has 2 atom stereocenters. The van der Waals surface area contributed by atoms with Crippen molar-refractivity contribution in [3.63, 3.8) is 0 Å². The third kappa shape index (κ3) is 35.3. The number of phosphoric ester groups is 1. The zero-order valence-corrected chi connectivity index (χ0v) is 32.0. The number of nitrogens with zero attached hydrogens (tertiary/aromatic N) is 1. The summed E-state index contributed by atoms with van der Waals surface area (Å²) in [7, 11) is -0.743. The second-order valence-electron chi connectivity index (χ2n) is 12.4. The minimum absolute atomic E-state index is 0.00481. The molecule has 49 heavy (non-hydrogen) atoms. The number of hydrogen-bond donors (Lipinski definition) is 1. The quantitative estimate of drug-likeness (QED) is 0.0308. The van der Waals surface area contributed by atoms with Gasteiger partial charge in [-0.15, -0.1) is 0 Å². The van der Waals surface area contributed by atoms with Crippen LogP contribution in [0.15, 0.2) is 60.8 Å². The van der Waals surface area contributed by atoms with Crippen LogP contribution in [0, 0.1) is 0 Å². The molecule has 9 nitrogen and oxygen atoms in total. The summed E-state index contributed by atoms with van der Waals surface area (Å²) in [6, 6.07) is 0. The van der Waals surface area contributed by atoms with Gasteiger partial charge < -0.3 is 19.3 Å². The van der Waals surface area contributed by atoms with E-state index < -0.39 is 32.5 Å². The lowest BCUT2D eigenvalue weighted by atomic mass is 10.1. The minimum atomic E-state index is -4.37. The van der Waals surface area contributed by atoms with Crippen molar-refractivity contribution in [2.24, 2.45) is 0 Å². The number of ether oxygens (including phenoxy) is 2. The van der Waals surface area contributed by atoms with Gasteiger partial charge in [-0.3, -0.25) is 18.6 Å². The van der Waals surface area contributed by atoms with E-state index >= 15 is 0 Å². The van der Waals surface area contributed by atoms with Gasteiger partial charge in [0.05, 0.1) is 13.2 Å². The number of rotatable bonds is 33. The fraction of sp³-hybridized carbons (Fsp3) is 0.692. The molecule has 2 unspecified atom stereocenters. The standard InChI is InChI=1S/C39H68NO8P/c1-5-7-9-11-13-15-17-18-19-20-22-24-26-28-30-32-39(42)48-37(36-47-49(43,44)46-34-33-40(3)4)35-45-38(41)31-29-27-25-23-21-16-14-12-10-8-6-2/h7,9,12-15,18-19,22,24,37H,5-6,8,10-11,16-17,20-21,23,25-36H2,1-4H3,(H,43,44)/b9-7-,14-12-,15-13-,19-18-,24-22-. The lowest BCUT2D eigenvalue weighted by Crippen LogP contribution is -2.29. The molecule has 0 rings (SSSR count). The van der Waals surface area contributed by atoms with E-state index in [9.17, 15) is 19.0 Å². The van der Waals surface area contributed by atoms with Gasteiger partial charge >= 0.3 is 19.8 Å². The smallest absolute Gasteiger partial charge is 0.462 e. The van der Waals surface area contributed by atoms with Gasteiger partial charge in [0, 0.05) is 19.4 Å². The zero-order valence-electron chi connectivity index (χ0n) is 31.1. The molecule has 0 heterocycles. The first-order valence-electron chi connectivity index (χ1n) is 18.6. The molecule has 0 radical (unpaired) electrons. The van der Waals surface area contributed by atoms with Crippen molar-refractivity contribution in [3.05, 3.63) is 60.8 Å². The molecule has 0 amide bonds. The highest BCUT2D eigenvalue weighted by Crippen LogP contribution is 2.43. The van der Waals surface area contributed by atoms with E-state index in [4.69, 9.17) is 18.5 Å². The Labute approximate surface area is 298 Å². The number of carbonyl (C=O) groups excluding carboxylic acids is 2. The molecule has 0 aromatic rings. The molecule has 1 N–H and O–H groups in total. The number of hydrogen-bond acceptors (Lipinski definition) is 8. The fourth-order valence-electron chi connectivity index (χ4n) is 4.42.